The van der Waals surface area contributed by atoms with Crippen molar-refractivity contribution in [2.45, 2.75) is 13.0 Å². The minimum Gasteiger partial charge on any atom is -0.385 e. The van der Waals surface area contributed by atoms with Gasteiger partial charge in [-0.25, -0.2) is 0 Å². The van der Waals surface area contributed by atoms with Crippen LogP contribution in [0.1, 0.15) is 12.1 Å². The van der Waals surface area contributed by atoms with Crippen molar-refractivity contribution in [1.29, 1.82) is 0 Å². The second-order valence-electron chi connectivity index (χ2n) is 3.04. The summed E-state index contributed by atoms with van der Waals surface area (Å²) in [5.41, 5.74) is 1.01. The Bertz CT molecular complexity index is 276. The van der Waals surface area contributed by atoms with E-state index in [4.69, 9.17) is 17.0 Å². The van der Waals surface area contributed by atoms with E-state index in [1.165, 1.54) is 0 Å². The molecule has 0 atom stereocenters. The number of nitrogens with one attached hydrogen (secondary N) is 3. The third-order valence-electron chi connectivity index (χ3n) is 1.81. The van der Waals surface area contributed by atoms with Crippen LogP contribution in [-0.4, -0.2) is 35.6 Å². The van der Waals surface area contributed by atoms with Crippen LogP contribution >= 0.6 is 12.2 Å². The largest absolute Gasteiger partial charge is 0.385 e. The van der Waals surface area contributed by atoms with Gasteiger partial charge in [-0.1, -0.05) is 0 Å². The first kappa shape index (κ1) is 11.9. The highest BCUT2D eigenvalue weighted by Gasteiger charge is 1.96. The summed E-state index contributed by atoms with van der Waals surface area (Å²) in [6.07, 6.45) is 2.66. The second kappa shape index (κ2) is 7.19. The molecule has 0 saturated carbocycles. The highest BCUT2D eigenvalue weighted by molar-refractivity contribution is 7.80. The molecule has 5 nitrogen and oxygen atoms in total. The highest BCUT2D eigenvalue weighted by atomic mass is 32.1. The van der Waals surface area contributed by atoms with E-state index in [0.717, 1.165) is 25.3 Å². The van der Waals surface area contributed by atoms with Crippen molar-refractivity contribution in [3.8, 4) is 0 Å². The third-order valence-corrected chi connectivity index (χ3v) is 2.10. The molecule has 0 spiro atoms. The van der Waals surface area contributed by atoms with Gasteiger partial charge in [0.25, 0.3) is 0 Å². The lowest BCUT2D eigenvalue weighted by Gasteiger charge is -2.08. The standard InChI is InChI=1S/C9H16N4OS/c1-14-6-2-4-10-9(15)11-7-8-3-5-12-13-8/h3,5H,2,4,6-7H2,1H3,(H,12,13)(H2,10,11,15). The number of rotatable bonds is 6. The van der Waals surface area contributed by atoms with Crippen LogP contribution in [0.2, 0.25) is 0 Å². The van der Waals surface area contributed by atoms with E-state index in [-0.39, 0.29) is 0 Å². The van der Waals surface area contributed by atoms with Gasteiger partial charge in [-0.2, -0.15) is 5.10 Å². The average Bonchev–Trinajstić information content (AvgIpc) is 2.74. The van der Waals surface area contributed by atoms with Gasteiger partial charge in [-0.3, -0.25) is 5.10 Å². The van der Waals surface area contributed by atoms with Crippen LogP contribution in [0.5, 0.6) is 0 Å². The van der Waals surface area contributed by atoms with E-state index in [9.17, 15) is 0 Å². The van der Waals surface area contributed by atoms with Crippen molar-refractivity contribution < 1.29 is 4.74 Å². The molecule has 1 rings (SSSR count). The first-order valence-electron chi connectivity index (χ1n) is 4.82. The van der Waals surface area contributed by atoms with Crippen molar-refractivity contribution in [3.05, 3.63) is 18.0 Å². The normalized spacial score (nSPS) is 9.93. The number of thiocarbonyl (C=S) groups is 1. The van der Waals surface area contributed by atoms with E-state index >= 15 is 0 Å². The Morgan fingerprint density at radius 2 is 2.47 bits per heavy atom. The SMILES string of the molecule is COCCCNC(=S)NCc1ccn[nH]1. The fourth-order valence-electron chi connectivity index (χ4n) is 1.04. The lowest BCUT2D eigenvalue weighted by atomic mass is 10.4. The Morgan fingerprint density at radius 1 is 1.60 bits per heavy atom. The van der Waals surface area contributed by atoms with Crippen molar-refractivity contribution in [1.82, 2.24) is 20.8 Å². The zero-order valence-electron chi connectivity index (χ0n) is 8.75. The van der Waals surface area contributed by atoms with Crippen LogP contribution < -0.4 is 10.6 Å². The predicted octanol–water partition coefficient (Wildman–Crippen LogP) is 0.410. The van der Waals surface area contributed by atoms with Gasteiger partial charge >= 0.3 is 0 Å². The van der Waals surface area contributed by atoms with Crippen LogP contribution in [-0.2, 0) is 11.3 Å². The molecule has 15 heavy (non-hydrogen) atoms. The van der Waals surface area contributed by atoms with Gasteiger partial charge in [-0.05, 0) is 24.7 Å². The number of aromatic nitrogens is 2. The molecule has 0 unspecified atom stereocenters. The van der Waals surface area contributed by atoms with E-state index < -0.39 is 0 Å². The van der Waals surface area contributed by atoms with Crippen LogP contribution in [0, 0.1) is 0 Å². The summed E-state index contributed by atoms with van der Waals surface area (Å²) in [6.45, 7) is 2.23. The molecule has 6 heteroatoms. The predicted molar refractivity (Wildman–Crippen MR) is 62.5 cm³/mol. The number of nitrogens with zero attached hydrogens (tertiary/aromatic N) is 1. The van der Waals surface area contributed by atoms with Crippen molar-refractivity contribution in [3.63, 3.8) is 0 Å². The van der Waals surface area contributed by atoms with E-state index in [1.807, 2.05) is 6.07 Å². The zero-order valence-corrected chi connectivity index (χ0v) is 9.56. The molecular weight excluding hydrogens is 212 g/mol. The Labute approximate surface area is 94.6 Å². The molecule has 0 aromatic carbocycles. The summed E-state index contributed by atoms with van der Waals surface area (Å²) in [7, 11) is 1.69. The van der Waals surface area contributed by atoms with Crippen LogP contribution in [0.4, 0.5) is 0 Å². The minimum atomic E-state index is 0.653. The molecule has 0 aliphatic rings. The summed E-state index contributed by atoms with van der Waals surface area (Å²) < 4.78 is 4.93. The first-order chi connectivity index (χ1) is 7.33. The Hall–Kier alpha value is -1.14. The van der Waals surface area contributed by atoms with Crippen LogP contribution in [0.3, 0.4) is 0 Å². The molecule has 3 N–H and O–H groups in total. The van der Waals surface area contributed by atoms with Crippen LogP contribution in [0.15, 0.2) is 12.3 Å². The quantitative estimate of drug-likeness (QED) is 0.486. The summed E-state index contributed by atoms with van der Waals surface area (Å²) >= 11 is 5.08. The van der Waals surface area contributed by atoms with Gasteiger partial charge in [0.1, 0.15) is 0 Å². The average molecular weight is 228 g/mol. The van der Waals surface area contributed by atoms with Gasteiger partial charge < -0.3 is 15.4 Å². The number of hydrogen-bond acceptors (Lipinski definition) is 3. The molecule has 1 heterocycles. The number of ether oxygens (including phenoxy) is 1. The van der Waals surface area contributed by atoms with Gasteiger partial charge in [0.15, 0.2) is 5.11 Å². The molecule has 0 amide bonds. The summed E-state index contributed by atoms with van der Waals surface area (Å²) in [5.74, 6) is 0. The topological polar surface area (TPSA) is 62.0 Å². The van der Waals surface area contributed by atoms with E-state index in [1.54, 1.807) is 13.3 Å². The fraction of sp³-hybridized carbons (Fsp3) is 0.556. The summed E-state index contributed by atoms with van der Waals surface area (Å²) in [5, 5.41) is 13.5. The summed E-state index contributed by atoms with van der Waals surface area (Å²) in [4.78, 5) is 0. The molecule has 0 radical (unpaired) electrons. The Kier molecular flexibility index (Phi) is 5.72. The maximum absolute atomic E-state index is 5.08. The van der Waals surface area contributed by atoms with Gasteiger partial charge in [0.05, 0.1) is 12.2 Å². The highest BCUT2D eigenvalue weighted by Crippen LogP contribution is 1.89. The lowest BCUT2D eigenvalue weighted by molar-refractivity contribution is 0.195. The minimum absolute atomic E-state index is 0.653. The lowest BCUT2D eigenvalue weighted by Crippen LogP contribution is -2.35. The molecule has 0 aliphatic carbocycles. The van der Waals surface area contributed by atoms with Crippen LogP contribution in [0.25, 0.3) is 0 Å². The molecule has 0 fully saturated rings. The number of H-pyrrole nitrogens is 1. The molecule has 0 bridgehead atoms. The zero-order chi connectivity index (χ0) is 10.9. The van der Waals surface area contributed by atoms with Crippen molar-refractivity contribution in [2.24, 2.45) is 0 Å². The van der Waals surface area contributed by atoms with E-state index in [0.29, 0.717) is 11.7 Å². The second-order valence-corrected chi connectivity index (χ2v) is 3.45. The molecule has 0 aliphatic heterocycles. The fourth-order valence-corrected chi connectivity index (χ4v) is 1.21. The van der Waals surface area contributed by atoms with Crippen molar-refractivity contribution in [2.75, 3.05) is 20.3 Å². The number of aromatic amines is 1. The Balaban J connectivity index is 2.04. The van der Waals surface area contributed by atoms with Gasteiger partial charge in [-0.15, -0.1) is 0 Å². The first-order valence-corrected chi connectivity index (χ1v) is 5.22. The number of hydrogen-bond donors (Lipinski definition) is 3. The maximum Gasteiger partial charge on any atom is 0.166 e. The third kappa shape index (κ3) is 5.34. The summed E-state index contributed by atoms with van der Waals surface area (Å²) in [6, 6.07) is 1.90. The maximum atomic E-state index is 5.08. The van der Waals surface area contributed by atoms with Gasteiger partial charge in [0, 0.05) is 26.5 Å². The smallest absolute Gasteiger partial charge is 0.166 e. The Morgan fingerprint density at radius 3 is 3.13 bits per heavy atom. The molecular formula is C9H16N4OS. The number of methoxy groups -OCH3 is 1. The molecule has 1 aromatic heterocycles. The molecule has 0 saturated heterocycles. The van der Waals surface area contributed by atoms with Crippen molar-refractivity contribution >= 4 is 17.3 Å². The molecule has 84 valence electrons. The van der Waals surface area contributed by atoms with Gasteiger partial charge in [0.2, 0.25) is 0 Å². The van der Waals surface area contributed by atoms with E-state index in [2.05, 4.69) is 20.8 Å². The molecule has 1 aromatic rings. The monoisotopic (exact) mass is 228 g/mol.